The fourth-order valence-corrected chi connectivity index (χ4v) is 3.05. The lowest BCUT2D eigenvalue weighted by Crippen LogP contribution is -2.43. The predicted molar refractivity (Wildman–Crippen MR) is 86.1 cm³/mol. The Hall–Kier alpha value is -2.85. The maximum Gasteiger partial charge on any atom is 0.461 e. The van der Waals surface area contributed by atoms with E-state index in [-0.39, 0.29) is 24.0 Å². The van der Waals surface area contributed by atoms with E-state index in [0.717, 1.165) is 5.39 Å². The van der Waals surface area contributed by atoms with Crippen molar-refractivity contribution < 1.29 is 26.3 Å². The van der Waals surface area contributed by atoms with Crippen LogP contribution in [0.4, 0.5) is 38.0 Å². The SMILES string of the molecule is CC1Cc2[nH]c(C(F)(F)C(F)(F)F)nc2NN1c1cc2ccc(F)cc2[nH]1. The lowest BCUT2D eigenvalue weighted by Gasteiger charge is -2.34. The molecule has 27 heavy (non-hydrogen) atoms. The van der Waals surface area contributed by atoms with Crippen LogP contribution in [0.25, 0.3) is 10.9 Å². The number of H-pyrrole nitrogens is 2. The van der Waals surface area contributed by atoms with Gasteiger partial charge in [0.15, 0.2) is 11.6 Å². The van der Waals surface area contributed by atoms with Crippen LogP contribution in [-0.2, 0) is 12.3 Å². The third-order valence-corrected chi connectivity index (χ3v) is 4.43. The van der Waals surface area contributed by atoms with Crippen molar-refractivity contribution in [1.82, 2.24) is 15.0 Å². The number of benzene rings is 1. The van der Waals surface area contributed by atoms with Gasteiger partial charge in [-0.2, -0.15) is 22.0 Å². The van der Waals surface area contributed by atoms with Gasteiger partial charge in [-0.1, -0.05) is 0 Å². The minimum atomic E-state index is -5.75. The van der Waals surface area contributed by atoms with E-state index in [1.54, 1.807) is 24.1 Å². The smallest absolute Gasteiger partial charge is 0.340 e. The summed E-state index contributed by atoms with van der Waals surface area (Å²) in [7, 11) is 0. The Balaban J connectivity index is 1.68. The van der Waals surface area contributed by atoms with Crippen molar-refractivity contribution in [1.29, 1.82) is 0 Å². The van der Waals surface area contributed by atoms with Crippen molar-refractivity contribution in [2.24, 2.45) is 0 Å². The normalized spacial score (nSPS) is 17.9. The maximum absolute atomic E-state index is 13.5. The Labute approximate surface area is 148 Å². The first-order valence-electron chi connectivity index (χ1n) is 7.94. The molecule has 1 atom stereocenters. The number of alkyl halides is 5. The highest BCUT2D eigenvalue weighted by Gasteiger charge is 2.61. The number of imidazole rings is 1. The van der Waals surface area contributed by atoms with E-state index >= 15 is 0 Å². The number of nitrogens with zero attached hydrogens (tertiary/aromatic N) is 2. The number of hydrazine groups is 1. The Kier molecular flexibility index (Phi) is 3.62. The molecule has 5 nitrogen and oxygen atoms in total. The third kappa shape index (κ3) is 2.77. The zero-order valence-electron chi connectivity index (χ0n) is 13.8. The predicted octanol–water partition coefficient (Wildman–Crippen LogP) is 4.46. The van der Waals surface area contributed by atoms with Gasteiger partial charge in [-0.15, -0.1) is 0 Å². The molecule has 1 aliphatic rings. The highest BCUT2D eigenvalue weighted by Crippen LogP contribution is 2.43. The highest BCUT2D eigenvalue weighted by atomic mass is 19.4. The van der Waals surface area contributed by atoms with Crippen LogP contribution in [0.2, 0.25) is 0 Å². The van der Waals surface area contributed by atoms with Gasteiger partial charge in [0, 0.05) is 17.3 Å². The Morgan fingerprint density at radius 2 is 1.85 bits per heavy atom. The van der Waals surface area contributed by atoms with Crippen molar-refractivity contribution >= 4 is 22.5 Å². The van der Waals surface area contributed by atoms with Gasteiger partial charge in [0.05, 0.1) is 11.7 Å². The zero-order valence-corrected chi connectivity index (χ0v) is 13.8. The minimum absolute atomic E-state index is 0.114. The highest BCUT2D eigenvalue weighted by molar-refractivity contribution is 5.84. The molecule has 0 amide bonds. The molecule has 3 heterocycles. The first-order valence-corrected chi connectivity index (χ1v) is 7.94. The van der Waals surface area contributed by atoms with Crippen LogP contribution < -0.4 is 10.4 Å². The van der Waals surface area contributed by atoms with Gasteiger partial charge in [-0.25, -0.2) is 9.37 Å². The van der Waals surface area contributed by atoms with Crippen molar-refractivity contribution in [2.75, 3.05) is 10.4 Å². The van der Waals surface area contributed by atoms with Gasteiger partial charge < -0.3 is 9.97 Å². The summed E-state index contributed by atoms with van der Waals surface area (Å²) in [5.74, 6) is -6.58. The standard InChI is InChI=1S/C16H13F6N5/c1-7-4-11-13(25-14(24-11)15(18,19)16(20,21)22)26-27(7)12-5-8-2-3-9(17)6-10(8)23-12/h2-3,5-7,23,26H,4H2,1H3,(H,24,25). The second-order valence-electron chi connectivity index (χ2n) is 6.41. The quantitative estimate of drug-likeness (QED) is 0.567. The number of halogens is 6. The number of aromatic nitrogens is 3. The molecule has 0 saturated heterocycles. The average molecular weight is 389 g/mol. The monoisotopic (exact) mass is 389 g/mol. The largest absolute Gasteiger partial charge is 0.461 e. The van der Waals surface area contributed by atoms with E-state index in [0.29, 0.717) is 11.3 Å². The Morgan fingerprint density at radius 3 is 2.56 bits per heavy atom. The number of fused-ring (bicyclic) bond motifs is 2. The first kappa shape index (κ1) is 17.6. The molecule has 1 unspecified atom stereocenters. The van der Waals surface area contributed by atoms with Crippen LogP contribution in [0.3, 0.4) is 0 Å². The molecule has 1 aliphatic heterocycles. The van der Waals surface area contributed by atoms with Crippen molar-refractivity contribution in [3.63, 3.8) is 0 Å². The molecule has 3 aromatic rings. The molecule has 3 N–H and O–H groups in total. The van der Waals surface area contributed by atoms with Crippen LogP contribution in [-0.4, -0.2) is 27.2 Å². The van der Waals surface area contributed by atoms with E-state index in [1.807, 2.05) is 0 Å². The summed E-state index contributed by atoms with van der Waals surface area (Å²) in [4.78, 5) is 8.49. The third-order valence-electron chi connectivity index (χ3n) is 4.43. The van der Waals surface area contributed by atoms with Crippen LogP contribution in [0.5, 0.6) is 0 Å². The summed E-state index contributed by atoms with van der Waals surface area (Å²) in [6.07, 6.45) is -5.59. The van der Waals surface area contributed by atoms with Gasteiger partial charge in [0.2, 0.25) is 0 Å². The maximum atomic E-state index is 13.5. The number of rotatable bonds is 2. The zero-order chi connectivity index (χ0) is 19.6. The van der Waals surface area contributed by atoms with Gasteiger partial charge in [0.25, 0.3) is 0 Å². The second-order valence-corrected chi connectivity index (χ2v) is 6.41. The van der Waals surface area contributed by atoms with Gasteiger partial charge >= 0.3 is 12.1 Å². The molecule has 144 valence electrons. The summed E-state index contributed by atoms with van der Waals surface area (Å²) in [6.45, 7) is 1.75. The summed E-state index contributed by atoms with van der Waals surface area (Å²) in [6, 6.07) is 5.57. The van der Waals surface area contributed by atoms with Crippen LogP contribution >= 0.6 is 0 Å². The van der Waals surface area contributed by atoms with Crippen molar-refractivity contribution in [3.8, 4) is 0 Å². The Bertz CT molecular complexity index is 1000. The summed E-state index contributed by atoms with van der Waals surface area (Å²) < 4.78 is 78.2. The second kappa shape index (κ2) is 5.57. The lowest BCUT2D eigenvalue weighted by atomic mass is 10.1. The van der Waals surface area contributed by atoms with Crippen LogP contribution in [0.1, 0.15) is 18.4 Å². The van der Waals surface area contributed by atoms with E-state index in [9.17, 15) is 26.3 Å². The van der Waals surface area contributed by atoms with E-state index < -0.39 is 23.7 Å². The minimum Gasteiger partial charge on any atom is -0.340 e. The Morgan fingerprint density at radius 1 is 1.11 bits per heavy atom. The topological polar surface area (TPSA) is 59.7 Å². The summed E-state index contributed by atoms with van der Waals surface area (Å²) >= 11 is 0. The van der Waals surface area contributed by atoms with Gasteiger partial charge in [-0.3, -0.25) is 10.4 Å². The van der Waals surface area contributed by atoms with Crippen LogP contribution in [0.15, 0.2) is 24.3 Å². The van der Waals surface area contributed by atoms with Crippen LogP contribution in [0, 0.1) is 5.82 Å². The fourth-order valence-electron chi connectivity index (χ4n) is 3.05. The first-order chi connectivity index (χ1) is 12.6. The molecule has 11 heteroatoms. The number of hydrogen-bond acceptors (Lipinski definition) is 3. The summed E-state index contributed by atoms with van der Waals surface area (Å²) in [5.41, 5.74) is 3.42. The van der Waals surface area contributed by atoms with E-state index in [2.05, 4.69) is 20.4 Å². The molecular formula is C16H13F6N5. The van der Waals surface area contributed by atoms with E-state index in [1.165, 1.54) is 12.1 Å². The van der Waals surface area contributed by atoms with E-state index in [4.69, 9.17) is 0 Å². The van der Waals surface area contributed by atoms with Crippen molar-refractivity contribution in [2.45, 2.75) is 31.5 Å². The molecule has 2 aromatic heterocycles. The molecular weight excluding hydrogens is 376 g/mol. The van der Waals surface area contributed by atoms with Gasteiger partial charge in [0.1, 0.15) is 11.6 Å². The molecule has 4 rings (SSSR count). The molecule has 0 bridgehead atoms. The molecule has 0 radical (unpaired) electrons. The number of anilines is 2. The number of aromatic amines is 2. The number of nitrogens with one attached hydrogen (secondary N) is 3. The molecule has 0 aliphatic carbocycles. The molecule has 1 aromatic carbocycles. The molecule has 0 saturated carbocycles. The van der Waals surface area contributed by atoms with Gasteiger partial charge in [-0.05, 0) is 31.2 Å². The lowest BCUT2D eigenvalue weighted by molar-refractivity contribution is -0.292. The molecule has 0 fully saturated rings. The number of hydrogen-bond donors (Lipinski definition) is 3. The average Bonchev–Trinajstić information content (AvgIpc) is 3.15. The van der Waals surface area contributed by atoms with Crippen molar-refractivity contribution in [3.05, 3.63) is 41.6 Å². The fraction of sp³-hybridized carbons (Fsp3) is 0.312. The summed E-state index contributed by atoms with van der Waals surface area (Å²) in [5, 5.41) is 2.27. The molecule has 0 spiro atoms.